The van der Waals surface area contributed by atoms with Crippen molar-refractivity contribution in [1.82, 2.24) is 15.3 Å². The fraction of sp³-hybridized carbons (Fsp3) is 0.222. The Morgan fingerprint density at radius 1 is 1.29 bits per heavy atom. The first-order chi connectivity index (χ1) is 13.5. The predicted molar refractivity (Wildman–Crippen MR) is 106 cm³/mol. The zero-order chi connectivity index (χ0) is 20.1. The zero-order valence-corrected chi connectivity index (χ0v) is 15.9. The number of fused-ring (bicyclic) bond motifs is 1. The van der Waals surface area contributed by atoms with Crippen molar-refractivity contribution in [2.75, 3.05) is 25.5 Å². The van der Waals surface area contributed by atoms with Crippen LogP contribution in [0.15, 0.2) is 29.6 Å². The van der Waals surface area contributed by atoms with E-state index in [1.54, 1.807) is 29.6 Å². The van der Waals surface area contributed by atoms with Gasteiger partial charge in [0, 0.05) is 18.7 Å². The number of amides is 2. The van der Waals surface area contributed by atoms with Crippen molar-refractivity contribution in [1.29, 1.82) is 0 Å². The molecule has 0 aliphatic rings. The fourth-order valence-corrected chi connectivity index (χ4v) is 3.42. The van der Waals surface area contributed by atoms with Crippen molar-refractivity contribution in [3.8, 4) is 0 Å². The summed E-state index contributed by atoms with van der Waals surface area (Å²) in [6.07, 6.45) is -0.441. The standard InChI is InChI=1S/C18H19N5O4S/c1-27-18(26)23-17-21-12-3-2-11(8-13(12)22-17)16(25)14-6-10(9-28-14)7-15(24)20-5-4-19/h2-3,6,8-9H,4-5,7,19H2,1H3,(H,20,24)(H2,21,22,23,26). The summed E-state index contributed by atoms with van der Waals surface area (Å²) in [5.74, 6) is -0.0577. The average molecular weight is 401 g/mol. The van der Waals surface area contributed by atoms with E-state index in [4.69, 9.17) is 5.73 Å². The minimum Gasteiger partial charge on any atom is -0.453 e. The van der Waals surface area contributed by atoms with Crippen LogP contribution in [-0.4, -0.2) is 48.0 Å². The number of ether oxygens (including phenoxy) is 1. The number of hydrogen-bond donors (Lipinski definition) is 4. The molecule has 0 unspecified atom stereocenters. The first-order valence-corrected chi connectivity index (χ1v) is 9.31. The van der Waals surface area contributed by atoms with Gasteiger partial charge in [-0.25, -0.2) is 9.78 Å². The summed E-state index contributed by atoms with van der Waals surface area (Å²) >= 11 is 1.29. The Kier molecular flexibility index (Phi) is 6.02. The van der Waals surface area contributed by atoms with Crippen LogP contribution in [0.4, 0.5) is 10.7 Å². The second kappa shape index (κ2) is 8.63. The van der Waals surface area contributed by atoms with E-state index < -0.39 is 6.09 Å². The molecular formula is C18H19N5O4S. The Labute approximate surface area is 164 Å². The molecule has 0 fully saturated rings. The van der Waals surface area contributed by atoms with Gasteiger partial charge in [-0.3, -0.25) is 14.9 Å². The van der Waals surface area contributed by atoms with E-state index in [9.17, 15) is 14.4 Å². The Morgan fingerprint density at radius 3 is 2.86 bits per heavy atom. The average Bonchev–Trinajstić information content (AvgIpc) is 3.31. The Bertz CT molecular complexity index is 1030. The predicted octanol–water partition coefficient (Wildman–Crippen LogP) is 1.65. The maximum absolute atomic E-state index is 12.8. The summed E-state index contributed by atoms with van der Waals surface area (Å²) in [5.41, 5.74) is 7.82. The first-order valence-electron chi connectivity index (χ1n) is 8.43. The van der Waals surface area contributed by atoms with E-state index in [0.717, 1.165) is 5.56 Å². The lowest BCUT2D eigenvalue weighted by Crippen LogP contribution is -2.30. The van der Waals surface area contributed by atoms with Crippen LogP contribution < -0.4 is 16.4 Å². The molecule has 0 bridgehead atoms. The fourth-order valence-electron chi connectivity index (χ4n) is 2.55. The molecule has 0 saturated heterocycles. The van der Waals surface area contributed by atoms with Crippen LogP contribution in [-0.2, 0) is 16.0 Å². The smallest absolute Gasteiger partial charge is 0.413 e. The van der Waals surface area contributed by atoms with Crippen LogP contribution in [0, 0.1) is 0 Å². The van der Waals surface area contributed by atoms with Gasteiger partial charge in [-0.2, -0.15) is 0 Å². The zero-order valence-electron chi connectivity index (χ0n) is 15.1. The van der Waals surface area contributed by atoms with Gasteiger partial charge >= 0.3 is 6.09 Å². The van der Waals surface area contributed by atoms with Gasteiger partial charge in [-0.15, -0.1) is 11.3 Å². The molecule has 2 heterocycles. The quantitative estimate of drug-likeness (QED) is 0.444. The van der Waals surface area contributed by atoms with Crippen molar-refractivity contribution in [2.24, 2.45) is 5.73 Å². The van der Waals surface area contributed by atoms with Gasteiger partial charge in [-0.1, -0.05) is 0 Å². The molecule has 0 radical (unpaired) electrons. The molecule has 0 spiro atoms. The van der Waals surface area contributed by atoms with E-state index in [0.29, 0.717) is 34.6 Å². The van der Waals surface area contributed by atoms with Gasteiger partial charge in [0.05, 0.1) is 29.4 Å². The first kappa shape index (κ1) is 19.5. The van der Waals surface area contributed by atoms with Gasteiger partial charge < -0.3 is 20.8 Å². The number of imidazole rings is 1. The van der Waals surface area contributed by atoms with E-state index in [2.05, 4.69) is 25.3 Å². The number of methoxy groups -OCH3 is 1. The van der Waals surface area contributed by atoms with Crippen LogP contribution in [0.5, 0.6) is 0 Å². The Morgan fingerprint density at radius 2 is 2.11 bits per heavy atom. The number of ketones is 1. The number of nitrogens with zero attached hydrogens (tertiary/aromatic N) is 1. The topological polar surface area (TPSA) is 139 Å². The molecule has 3 rings (SSSR count). The van der Waals surface area contributed by atoms with Gasteiger partial charge in [0.2, 0.25) is 17.6 Å². The van der Waals surface area contributed by atoms with Crippen LogP contribution in [0.1, 0.15) is 20.8 Å². The SMILES string of the molecule is COC(=O)Nc1nc2ccc(C(=O)c3cc(CC(=O)NCCN)cs3)cc2[nH]1. The largest absolute Gasteiger partial charge is 0.453 e. The summed E-state index contributed by atoms with van der Waals surface area (Å²) in [6, 6.07) is 6.74. The summed E-state index contributed by atoms with van der Waals surface area (Å²) < 4.78 is 4.52. The number of thiophene rings is 1. The van der Waals surface area contributed by atoms with E-state index >= 15 is 0 Å². The number of hydrogen-bond acceptors (Lipinski definition) is 7. The third-order valence-corrected chi connectivity index (χ3v) is 4.84. The molecule has 28 heavy (non-hydrogen) atoms. The maximum atomic E-state index is 12.8. The molecule has 2 aromatic heterocycles. The number of anilines is 1. The summed E-state index contributed by atoms with van der Waals surface area (Å²) in [5, 5.41) is 6.93. The Balaban J connectivity index is 1.74. The molecule has 3 aromatic rings. The highest BCUT2D eigenvalue weighted by Crippen LogP contribution is 2.22. The summed E-state index contributed by atoms with van der Waals surface area (Å²) in [4.78, 5) is 43.5. The second-order valence-corrected chi connectivity index (χ2v) is 6.81. The number of aromatic amines is 1. The normalized spacial score (nSPS) is 10.6. The molecule has 9 nitrogen and oxygen atoms in total. The lowest BCUT2D eigenvalue weighted by Gasteiger charge is -2.01. The maximum Gasteiger partial charge on any atom is 0.413 e. The van der Waals surface area contributed by atoms with E-state index in [1.807, 2.05) is 0 Å². The van der Waals surface area contributed by atoms with Gasteiger partial charge in [0.1, 0.15) is 0 Å². The van der Waals surface area contributed by atoms with E-state index in [1.165, 1.54) is 18.4 Å². The van der Waals surface area contributed by atoms with Crippen LogP contribution >= 0.6 is 11.3 Å². The molecule has 2 amide bonds. The number of carbonyl (C=O) groups is 3. The highest BCUT2D eigenvalue weighted by molar-refractivity contribution is 7.12. The minimum absolute atomic E-state index is 0.133. The molecule has 0 aliphatic carbocycles. The molecule has 5 N–H and O–H groups in total. The van der Waals surface area contributed by atoms with E-state index in [-0.39, 0.29) is 24.1 Å². The van der Waals surface area contributed by atoms with Crippen LogP contribution in [0.25, 0.3) is 11.0 Å². The van der Waals surface area contributed by atoms with Crippen molar-refractivity contribution in [3.63, 3.8) is 0 Å². The summed E-state index contributed by atoms with van der Waals surface area (Å²) in [6.45, 7) is 0.803. The number of carbonyl (C=O) groups excluding carboxylic acids is 3. The number of H-pyrrole nitrogens is 1. The van der Waals surface area contributed by atoms with Crippen molar-refractivity contribution >= 4 is 46.1 Å². The van der Waals surface area contributed by atoms with Gasteiger partial charge in [-0.05, 0) is 35.2 Å². The third-order valence-electron chi connectivity index (χ3n) is 3.86. The highest BCUT2D eigenvalue weighted by atomic mass is 32.1. The number of nitrogens with one attached hydrogen (secondary N) is 3. The molecule has 0 atom stereocenters. The third kappa shape index (κ3) is 4.53. The molecule has 0 saturated carbocycles. The number of nitrogens with two attached hydrogens (primary N) is 1. The number of benzene rings is 1. The number of rotatable bonds is 7. The van der Waals surface area contributed by atoms with Gasteiger partial charge in [0.15, 0.2) is 0 Å². The van der Waals surface area contributed by atoms with Gasteiger partial charge in [0.25, 0.3) is 0 Å². The molecule has 1 aromatic carbocycles. The second-order valence-electron chi connectivity index (χ2n) is 5.90. The monoisotopic (exact) mass is 401 g/mol. The van der Waals surface area contributed by atoms with Crippen molar-refractivity contribution in [2.45, 2.75) is 6.42 Å². The lowest BCUT2D eigenvalue weighted by molar-refractivity contribution is -0.120. The minimum atomic E-state index is -0.642. The molecule has 146 valence electrons. The Hall–Kier alpha value is -3.24. The van der Waals surface area contributed by atoms with Crippen molar-refractivity contribution in [3.05, 3.63) is 45.6 Å². The molecule has 0 aliphatic heterocycles. The summed E-state index contributed by atoms with van der Waals surface area (Å²) in [7, 11) is 1.26. The molecule has 10 heteroatoms. The van der Waals surface area contributed by atoms with Crippen molar-refractivity contribution < 1.29 is 19.1 Å². The lowest BCUT2D eigenvalue weighted by atomic mass is 10.1. The highest BCUT2D eigenvalue weighted by Gasteiger charge is 2.15. The molecular weight excluding hydrogens is 382 g/mol. The number of aromatic nitrogens is 2. The van der Waals surface area contributed by atoms with Crippen LogP contribution in [0.2, 0.25) is 0 Å². The van der Waals surface area contributed by atoms with Crippen LogP contribution in [0.3, 0.4) is 0 Å².